The first-order valence-electron chi connectivity index (χ1n) is 3.71. The van der Waals surface area contributed by atoms with E-state index in [1.165, 1.54) is 0 Å². The minimum Gasteiger partial charge on any atom is -0.479 e. The Bertz CT molecular complexity index is 249. The van der Waals surface area contributed by atoms with Crippen molar-refractivity contribution in [2.45, 2.75) is 30.7 Å². The largest absolute Gasteiger partial charge is 0.479 e. The molecule has 1 saturated carbocycles. The van der Waals surface area contributed by atoms with E-state index in [2.05, 4.69) is 0 Å². The van der Waals surface area contributed by atoms with E-state index in [-0.39, 0.29) is 0 Å². The first kappa shape index (κ1) is 10.1. The monoisotopic (exact) mass is 190 g/mol. The summed E-state index contributed by atoms with van der Waals surface area (Å²) in [7, 11) is 0. The molecule has 3 unspecified atom stereocenters. The van der Waals surface area contributed by atoms with Gasteiger partial charge in [0.1, 0.15) is 6.10 Å². The molecule has 1 aliphatic carbocycles. The average Bonchev–Trinajstić information content (AvgIpc) is 2.00. The maximum atomic E-state index is 10.9. The molecule has 4 N–H and O–H groups in total. The number of Topliss-reactive ketones (excluding diaryl/α,β-unsaturated/α-hetero) is 1. The van der Waals surface area contributed by atoms with Gasteiger partial charge in [-0.2, -0.15) is 0 Å². The number of carboxylic acid groups (broad SMARTS) is 1. The maximum absolute atomic E-state index is 10.9. The van der Waals surface area contributed by atoms with Crippen molar-refractivity contribution in [1.82, 2.24) is 0 Å². The topological polar surface area (TPSA) is 115 Å². The van der Waals surface area contributed by atoms with Gasteiger partial charge in [-0.1, -0.05) is 0 Å². The van der Waals surface area contributed by atoms with E-state index >= 15 is 0 Å². The second kappa shape index (κ2) is 3.06. The van der Waals surface area contributed by atoms with E-state index in [4.69, 9.17) is 15.3 Å². The fraction of sp³-hybridized carbons (Fsp3) is 0.714. The van der Waals surface area contributed by atoms with Gasteiger partial charge in [-0.15, -0.1) is 0 Å². The molecule has 0 aromatic heterocycles. The Balaban J connectivity index is 2.85. The van der Waals surface area contributed by atoms with Crippen LogP contribution in [-0.4, -0.2) is 50.0 Å². The minimum atomic E-state index is -2.24. The normalized spacial score (nSPS) is 40.4. The number of carboxylic acids is 1. The number of hydrogen-bond donors (Lipinski definition) is 4. The van der Waals surface area contributed by atoms with Crippen LogP contribution in [0, 0.1) is 0 Å². The number of rotatable bonds is 1. The zero-order valence-electron chi connectivity index (χ0n) is 6.67. The summed E-state index contributed by atoms with van der Waals surface area (Å²) in [4.78, 5) is 21.4. The highest BCUT2D eigenvalue weighted by atomic mass is 16.4. The molecule has 74 valence electrons. The molecule has 0 heterocycles. The van der Waals surface area contributed by atoms with Crippen LogP contribution in [0.2, 0.25) is 0 Å². The fourth-order valence-corrected chi connectivity index (χ4v) is 1.30. The first-order chi connectivity index (χ1) is 5.87. The number of carbonyl (C=O) groups is 2. The molecular weight excluding hydrogens is 180 g/mol. The van der Waals surface area contributed by atoms with Crippen LogP contribution in [0.4, 0.5) is 0 Å². The molecule has 1 aliphatic rings. The molecule has 0 bridgehead atoms. The Labute approximate surface area is 73.4 Å². The summed E-state index contributed by atoms with van der Waals surface area (Å²) in [6.45, 7) is 0. The zero-order chi connectivity index (χ0) is 10.2. The van der Waals surface area contributed by atoms with Crippen LogP contribution < -0.4 is 0 Å². The summed E-state index contributed by atoms with van der Waals surface area (Å²) in [5.74, 6) is -2.42. The summed E-state index contributed by atoms with van der Waals surface area (Å²) >= 11 is 0. The summed E-state index contributed by atoms with van der Waals surface area (Å²) in [6, 6.07) is 0. The summed E-state index contributed by atoms with van der Waals surface area (Å²) < 4.78 is 0. The lowest BCUT2D eigenvalue weighted by Crippen LogP contribution is -2.54. The lowest BCUT2D eigenvalue weighted by atomic mass is 9.81. The van der Waals surface area contributed by atoms with Gasteiger partial charge in [-0.05, 0) is 0 Å². The number of aliphatic hydroxyl groups is 3. The highest BCUT2D eigenvalue weighted by Gasteiger charge is 2.48. The smallest absolute Gasteiger partial charge is 0.336 e. The molecule has 6 heteroatoms. The highest BCUT2D eigenvalue weighted by Crippen LogP contribution is 2.26. The third-order valence-electron chi connectivity index (χ3n) is 2.11. The third-order valence-corrected chi connectivity index (χ3v) is 2.11. The Morgan fingerprint density at radius 2 is 2.00 bits per heavy atom. The standard InChI is InChI=1S/C7H10O6/c8-3-1-7(13,6(11)12)2-4(9)5(3)10/h3,5,8,10,13H,1-2H2,(H,11,12). The van der Waals surface area contributed by atoms with E-state index in [0.717, 1.165) is 0 Å². The lowest BCUT2D eigenvalue weighted by molar-refractivity contribution is -0.176. The van der Waals surface area contributed by atoms with E-state index in [9.17, 15) is 14.7 Å². The van der Waals surface area contributed by atoms with Crippen LogP contribution in [0.5, 0.6) is 0 Å². The molecular formula is C7H10O6. The minimum absolute atomic E-state index is 0.532. The summed E-state index contributed by atoms with van der Waals surface area (Å²) in [6.07, 6.45) is -4.29. The molecule has 3 atom stereocenters. The van der Waals surface area contributed by atoms with E-state index in [0.29, 0.717) is 0 Å². The molecule has 13 heavy (non-hydrogen) atoms. The number of carbonyl (C=O) groups excluding carboxylic acids is 1. The van der Waals surface area contributed by atoms with Gasteiger partial charge in [0.25, 0.3) is 0 Å². The van der Waals surface area contributed by atoms with Gasteiger partial charge < -0.3 is 20.4 Å². The van der Waals surface area contributed by atoms with E-state index in [1.54, 1.807) is 0 Å². The predicted molar refractivity (Wildman–Crippen MR) is 38.8 cm³/mol. The van der Waals surface area contributed by atoms with Crippen LogP contribution in [0.3, 0.4) is 0 Å². The van der Waals surface area contributed by atoms with Gasteiger partial charge >= 0.3 is 5.97 Å². The van der Waals surface area contributed by atoms with Crippen molar-refractivity contribution < 1.29 is 30.0 Å². The number of aliphatic carboxylic acids is 1. The van der Waals surface area contributed by atoms with Crippen molar-refractivity contribution in [2.24, 2.45) is 0 Å². The van der Waals surface area contributed by atoms with Gasteiger partial charge in [-0.25, -0.2) is 4.79 Å². The van der Waals surface area contributed by atoms with Crippen molar-refractivity contribution in [1.29, 1.82) is 0 Å². The average molecular weight is 190 g/mol. The Morgan fingerprint density at radius 3 is 2.38 bits per heavy atom. The Kier molecular flexibility index (Phi) is 2.38. The third kappa shape index (κ3) is 1.69. The van der Waals surface area contributed by atoms with Crippen LogP contribution in [0.25, 0.3) is 0 Å². The molecule has 0 aromatic rings. The fourth-order valence-electron chi connectivity index (χ4n) is 1.30. The van der Waals surface area contributed by atoms with Crippen molar-refractivity contribution in [3.63, 3.8) is 0 Å². The van der Waals surface area contributed by atoms with Gasteiger partial charge in [-0.3, -0.25) is 4.79 Å². The van der Waals surface area contributed by atoms with Gasteiger partial charge in [0.2, 0.25) is 0 Å². The summed E-state index contributed by atoms with van der Waals surface area (Å²) in [5, 5.41) is 35.8. The van der Waals surface area contributed by atoms with E-state index < -0.39 is 42.4 Å². The maximum Gasteiger partial charge on any atom is 0.336 e. The molecule has 6 nitrogen and oxygen atoms in total. The van der Waals surface area contributed by atoms with Crippen LogP contribution >= 0.6 is 0 Å². The molecule has 0 saturated heterocycles. The van der Waals surface area contributed by atoms with Crippen LogP contribution in [0.15, 0.2) is 0 Å². The zero-order valence-corrected chi connectivity index (χ0v) is 6.67. The van der Waals surface area contributed by atoms with Crippen molar-refractivity contribution in [3.05, 3.63) is 0 Å². The molecule has 0 spiro atoms. The molecule has 1 rings (SSSR count). The second-order valence-corrected chi connectivity index (χ2v) is 3.20. The number of ketones is 1. The van der Waals surface area contributed by atoms with Gasteiger partial charge in [0.05, 0.1) is 6.10 Å². The van der Waals surface area contributed by atoms with E-state index in [1.807, 2.05) is 0 Å². The molecule has 0 aromatic carbocycles. The molecule has 0 amide bonds. The molecule has 1 fully saturated rings. The number of aliphatic hydroxyl groups excluding tert-OH is 2. The van der Waals surface area contributed by atoms with Gasteiger partial charge in [0, 0.05) is 12.8 Å². The molecule has 0 radical (unpaired) electrons. The quantitative estimate of drug-likeness (QED) is 0.376. The first-order valence-corrected chi connectivity index (χ1v) is 3.71. The SMILES string of the molecule is O=C1CC(O)(C(=O)O)CC(O)C1O. The highest BCUT2D eigenvalue weighted by molar-refractivity contribution is 5.92. The van der Waals surface area contributed by atoms with Crippen LogP contribution in [-0.2, 0) is 9.59 Å². The second-order valence-electron chi connectivity index (χ2n) is 3.20. The van der Waals surface area contributed by atoms with Gasteiger partial charge in [0.15, 0.2) is 11.4 Å². The lowest BCUT2D eigenvalue weighted by Gasteiger charge is -2.32. The summed E-state index contributed by atoms with van der Waals surface area (Å²) in [5.41, 5.74) is -2.24. The van der Waals surface area contributed by atoms with Crippen molar-refractivity contribution >= 4 is 11.8 Å². The van der Waals surface area contributed by atoms with Crippen molar-refractivity contribution in [3.8, 4) is 0 Å². The Morgan fingerprint density at radius 1 is 1.46 bits per heavy atom. The number of hydrogen-bond acceptors (Lipinski definition) is 5. The Hall–Kier alpha value is -0.980. The van der Waals surface area contributed by atoms with Crippen LogP contribution in [0.1, 0.15) is 12.8 Å². The molecule has 0 aliphatic heterocycles. The van der Waals surface area contributed by atoms with Crippen molar-refractivity contribution in [2.75, 3.05) is 0 Å². The predicted octanol–water partition coefficient (Wildman–Crippen LogP) is -2.11.